The molecule has 2 rings (SSSR count). The van der Waals surface area contributed by atoms with E-state index in [0.29, 0.717) is 22.1 Å². The Morgan fingerprint density at radius 2 is 1.90 bits per heavy atom. The topological polar surface area (TPSA) is 31.4 Å². The van der Waals surface area contributed by atoms with E-state index in [4.69, 9.17) is 9.47 Å². The number of hydrogen-bond donors (Lipinski definition) is 0. The van der Waals surface area contributed by atoms with E-state index in [1.165, 1.54) is 17.4 Å². The van der Waals surface area contributed by atoms with Crippen LogP contribution in [0, 0.1) is 13.8 Å². The average Bonchev–Trinajstić information content (AvgIpc) is 2.78. The summed E-state index contributed by atoms with van der Waals surface area (Å²) in [5.41, 5.74) is 1.56. The van der Waals surface area contributed by atoms with Crippen LogP contribution < -0.4 is 9.47 Å². The molecule has 3 nitrogen and oxygen atoms in total. The van der Waals surface area contributed by atoms with E-state index in [1.807, 2.05) is 13.8 Å². The molecule has 0 spiro atoms. The zero-order valence-electron chi connectivity index (χ0n) is 11.9. The van der Waals surface area contributed by atoms with Crippen molar-refractivity contribution in [2.24, 2.45) is 0 Å². The molecule has 0 aliphatic carbocycles. The summed E-state index contributed by atoms with van der Waals surface area (Å²) in [6.07, 6.45) is 1.44. The molecule has 0 N–H and O–H groups in total. The summed E-state index contributed by atoms with van der Waals surface area (Å²) in [4.78, 5) is 5.23. The fraction of sp³-hybridized carbons (Fsp3) is 0.267. The van der Waals surface area contributed by atoms with Gasteiger partial charge in [0, 0.05) is 4.88 Å². The summed E-state index contributed by atoms with van der Waals surface area (Å²) in [7, 11) is 3.12. The van der Waals surface area contributed by atoms with Gasteiger partial charge < -0.3 is 9.47 Å². The minimum Gasteiger partial charge on any atom is -0.493 e. The van der Waals surface area contributed by atoms with Crippen LogP contribution in [0.25, 0.3) is 11.9 Å². The molecule has 1 aromatic heterocycles. The lowest BCUT2D eigenvalue weighted by molar-refractivity contribution is 0.355. The highest BCUT2D eigenvalue weighted by Crippen LogP contribution is 2.31. The van der Waals surface area contributed by atoms with Crippen LogP contribution in [0.4, 0.5) is 4.39 Å². The fourth-order valence-electron chi connectivity index (χ4n) is 1.73. The Balaban J connectivity index is 2.34. The van der Waals surface area contributed by atoms with Crippen molar-refractivity contribution < 1.29 is 13.9 Å². The van der Waals surface area contributed by atoms with Gasteiger partial charge in [0.25, 0.3) is 0 Å². The number of thiazole rings is 1. The molecule has 0 aliphatic heterocycles. The molecule has 0 fully saturated rings. The number of aryl methyl sites for hydroxylation is 2. The molecule has 0 unspecified atom stereocenters. The zero-order chi connectivity index (χ0) is 14.7. The van der Waals surface area contributed by atoms with E-state index in [-0.39, 0.29) is 5.83 Å². The lowest BCUT2D eigenvalue weighted by Gasteiger charge is -2.07. The summed E-state index contributed by atoms with van der Waals surface area (Å²) in [5, 5.41) is 0.398. The van der Waals surface area contributed by atoms with Crippen molar-refractivity contribution in [1.29, 1.82) is 0 Å². The second-order valence-electron chi connectivity index (χ2n) is 4.27. The standard InChI is InChI=1S/C15H16FNO2S/c1-9-10(2)20-15(17-9)12(16)7-11-5-6-13(18-3)14(8-11)19-4/h5-8H,1-4H3/b12-7-. The van der Waals surface area contributed by atoms with Crippen LogP contribution in [0.1, 0.15) is 21.1 Å². The van der Waals surface area contributed by atoms with Gasteiger partial charge in [0.05, 0.1) is 19.9 Å². The van der Waals surface area contributed by atoms with Gasteiger partial charge in [-0.3, -0.25) is 0 Å². The van der Waals surface area contributed by atoms with E-state index in [1.54, 1.807) is 32.4 Å². The minimum absolute atomic E-state index is 0.349. The number of hydrogen-bond acceptors (Lipinski definition) is 4. The summed E-state index contributed by atoms with van der Waals surface area (Å²) in [6.45, 7) is 3.80. The van der Waals surface area contributed by atoms with E-state index >= 15 is 0 Å². The molecule has 0 bridgehead atoms. The van der Waals surface area contributed by atoms with Crippen molar-refractivity contribution in [3.05, 3.63) is 39.3 Å². The lowest BCUT2D eigenvalue weighted by Crippen LogP contribution is -1.90. The van der Waals surface area contributed by atoms with Crippen molar-refractivity contribution in [3.8, 4) is 11.5 Å². The average molecular weight is 293 g/mol. The van der Waals surface area contributed by atoms with E-state index in [9.17, 15) is 4.39 Å². The normalized spacial score (nSPS) is 11.6. The predicted molar refractivity (Wildman–Crippen MR) is 80.1 cm³/mol. The summed E-state index contributed by atoms with van der Waals surface area (Å²) >= 11 is 1.35. The SMILES string of the molecule is COc1ccc(/C=C(\F)c2nc(C)c(C)s2)cc1OC. The Hall–Kier alpha value is -1.88. The van der Waals surface area contributed by atoms with Gasteiger partial charge in [0.1, 0.15) is 0 Å². The molecule has 0 atom stereocenters. The maximum Gasteiger partial charge on any atom is 0.161 e. The monoisotopic (exact) mass is 293 g/mol. The largest absolute Gasteiger partial charge is 0.493 e. The van der Waals surface area contributed by atoms with E-state index < -0.39 is 0 Å². The number of aromatic nitrogens is 1. The van der Waals surface area contributed by atoms with Crippen molar-refractivity contribution in [2.75, 3.05) is 14.2 Å². The molecule has 0 amide bonds. The minimum atomic E-state index is -0.349. The van der Waals surface area contributed by atoms with Crippen LogP contribution in [-0.2, 0) is 0 Å². The first-order valence-electron chi connectivity index (χ1n) is 6.08. The molecule has 0 saturated carbocycles. The van der Waals surface area contributed by atoms with Crippen molar-refractivity contribution >= 4 is 23.2 Å². The molecule has 1 heterocycles. The quantitative estimate of drug-likeness (QED) is 0.844. The first kappa shape index (κ1) is 14.5. The molecule has 0 saturated heterocycles. The van der Waals surface area contributed by atoms with Gasteiger partial charge in [-0.2, -0.15) is 0 Å². The third kappa shape index (κ3) is 2.99. The molecule has 0 aliphatic rings. The second-order valence-corrected chi connectivity index (χ2v) is 5.47. The Morgan fingerprint density at radius 3 is 2.45 bits per heavy atom. The van der Waals surface area contributed by atoms with Gasteiger partial charge in [0.2, 0.25) is 0 Å². The van der Waals surface area contributed by atoms with Crippen molar-refractivity contribution in [2.45, 2.75) is 13.8 Å². The van der Waals surface area contributed by atoms with Crippen LogP contribution in [0.15, 0.2) is 18.2 Å². The van der Waals surface area contributed by atoms with Gasteiger partial charge in [-0.1, -0.05) is 6.07 Å². The van der Waals surface area contributed by atoms with Crippen molar-refractivity contribution in [1.82, 2.24) is 4.98 Å². The van der Waals surface area contributed by atoms with Gasteiger partial charge in [-0.05, 0) is 37.6 Å². The lowest BCUT2D eigenvalue weighted by atomic mass is 10.2. The van der Waals surface area contributed by atoms with E-state index in [2.05, 4.69) is 4.98 Å². The van der Waals surface area contributed by atoms with Gasteiger partial charge in [0.15, 0.2) is 22.3 Å². The number of nitrogens with zero attached hydrogens (tertiary/aromatic N) is 1. The number of benzene rings is 1. The summed E-state index contributed by atoms with van der Waals surface area (Å²) < 4.78 is 24.5. The highest BCUT2D eigenvalue weighted by atomic mass is 32.1. The van der Waals surface area contributed by atoms with Crippen LogP contribution in [0.2, 0.25) is 0 Å². The Bertz CT molecular complexity index is 630. The molecule has 20 heavy (non-hydrogen) atoms. The first-order valence-corrected chi connectivity index (χ1v) is 6.90. The van der Waals surface area contributed by atoms with Gasteiger partial charge in [-0.15, -0.1) is 11.3 Å². The zero-order valence-corrected chi connectivity index (χ0v) is 12.7. The number of methoxy groups -OCH3 is 2. The molecule has 5 heteroatoms. The van der Waals surface area contributed by atoms with Gasteiger partial charge in [-0.25, -0.2) is 9.37 Å². The summed E-state index contributed by atoms with van der Waals surface area (Å²) in [6, 6.07) is 5.25. The number of halogens is 1. The Kier molecular flexibility index (Phi) is 4.39. The van der Waals surface area contributed by atoms with Crippen LogP contribution >= 0.6 is 11.3 Å². The van der Waals surface area contributed by atoms with Crippen molar-refractivity contribution in [3.63, 3.8) is 0 Å². The molecule has 1 aromatic carbocycles. The molecular weight excluding hydrogens is 277 g/mol. The maximum absolute atomic E-state index is 14.2. The highest BCUT2D eigenvalue weighted by molar-refractivity contribution is 7.12. The van der Waals surface area contributed by atoms with E-state index in [0.717, 1.165) is 10.6 Å². The maximum atomic E-state index is 14.2. The fourth-order valence-corrected chi connectivity index (χ4v) is 2.55. The number of rotatable bonds is 4. The molecule has 2 aromatic rings. The highest BCUT2D eigenvalue weighted by Gasteiger charge is 2.10. The third-order valence-electron chi connectivity index (χ3n) is 2.93. The first-order chi connectivity index (χ1) is 9.55. The molecule has 0 radical (unpaired) electrons. The van der Waals surface area contributed by atoms with Crippen LogP contribution in [0.5, 0.6) is 11.5 Å². The second kappa shape index (κ2) is 6.05. The smallest absolute Gasteiger partial charge is 0.161 e. The summed E-state index contributed by atoms with van der Waals surface area (Å²) in [5.74, 6) is 0.838. The van der Waals surface area contributed by atoms with Crippen LogP contribution in [0.3, 0.4) is 0 Å². The van der Waals surface area contributed by atoms with Crippen LogP contribution in [-0.4, -0.2) is 19.2 Å². The Morgan fingerprint density at radius 1 is 1.20 bits per heavy atom. The number of ether oxygens (including phenoxy) is 2. The molecule has 106 valence electrons. The predicted octanol–water partition coefficient (Wildman–Crippen LogP) is 4.24. The Labute approximate surface area is 121 Å². The van der Waals surface area contributed by atoms with Gasteiger partial charge >= 0.3 is 0 Å². The third-order valence-corrected chi connectivity index (χ3v) is 4.02. The molecular formula is C15H16FNO2S.